The summed E-state index contributed by atoms with van der Waals surface area (Å²) in [5, 5.41) is 6.67. The van der Waals surface area contributed by atoms with E-state index in [4.69, 9.17) is 4.74 Å². The molecular formula is C17H13F2N3O2S. The number of hydrogen-bond acceptors (Lipinski definition) is 4. The number of para-hydroxylation sites is 1. The third kappa shape index (κ3) is 3.92. The molecule has 1 aromatic heterocycles. The average molecular weight is 361 g/mol. The minimum atomic E-state index is -0.854. The Bertz CT molecular complexity index is 877. The smallest absolute Gasteiger partial charge is 0.325 e. The highest BCUT2D eigenvalue weighted by molar-refractivity contribution is 7.14. The number of hydrogen-bond donors (Lipinski definition) is 2. The van der Waals surface area contributed by atoms with Gasteiger partial charge in [-0.3, -0.25) is 5.32 Å². The number of nitrogens with one attached hydrogen (secondary N) is 2. The van der Waals surface area contributed by atoms with Gasteiger partial charge < -0.3 is 10.1 Å². The summed E-state index contributed by atoms with van der Waals surface area (Å²) in [6.07, 6.45) is 0. The van der Waals surface area contributed by atoms with Crippen LogP contribution in [0.2, 0.25) is 0 Å². The fourth-order valence-corrected chi connectivity index (χ4v) is 2.80. The molecule has 0 spiro atoms. The Hall–Kier alpha value is -3.00. The van der Waals surface area contributed by atoms with Crippen molar-refractivity contribution in [3.8, 4) is 17.0 Å². The first-order valence-electron chi connectivity index (χ1n) is 7.19. The fourth-order valence-electron chi connectivity index (χ4n) is 2.08. The third-order valence-corrected chi connectivity index (χ3v) is 4.07. The van der Waals surface area contributed by atoms with Crippen molar-refractivity contribution < 1.29 is 18.3 Å². The number of thiazole rings is 1. The first-order valence-corrected chi connectivity index (χ1v) is 8.07. The van der Waals surface area contributed by atoms with Crippen molar-refractivity contribution in [3.05, 3.63) is 59.5 Å². The monoisotopic (exact) mass is 361 g/mol. The first kappa shape index (κ1) is 16.8. The van der Waals surface area contributed by atoms with Crippen LogP contribution in [0.4, 0.5) is 24.4 Å². The van der Waals surface area contributed by atoms with E-state index in [0.29, 0.717) is 10.8 Å². The third-order valence-electron chi connectivity index (χ3n) is 3.31. The van der Waals surface area contributed by atoms with E-state index in [2.05, 4.69) is 15.6 Å². The Kier molecular flexibility index (Phi) is 4.90. The molecule has 0 saturated heterocycles. The SMILES string of the molecule is COc1ccc(-c2csc(NC(=O)Nc3c(F)cccc3F)n2)cc1. The number of benzene rings is 2. The Morgan fingerprint density at radius 1 is 1.08 bits per heavy atom. The van der Waals surface area contributed by atoms with Gasteiger partial charge in [-0.25, -0.2) is 18.6 Å². The summed E-state index contributed by atoms with van der Waals surface area (Å²) in [7, 11) is 1.58. The van der Waals surface area contributed by atoms with E-state index in [1.54, 1.807) is 24.6 Å². The van der Waals surface area contributed by atoms with E-state index >= 15 is 0 Å². The zero-order valence-corrected chi connectivity index (χ0v) is 13.9. The van der Waals surface area contributed by atoms with Gasteiger partial charge in [0.25, 0.3) is 0 Å². The summed E-state index contributed by atoms with van der Waals surface area (Å²) in [6, 6.07) is 9.84. The molecule has 0 aliphatic heterocycles. The molecule has 2 N–H and O–H groups in total. The minimum Gasteiger partial charge on any atom is -0.497 e. The van der Waals surface area contributed by atoms with Crippen LogP contribution in [0, 0.1) is 11.6 Å². The van der Waals surface area contributed by atoms with Gasteiger partial charge in [0.05, 0.1) is 12.8 Å². The summed E-state index contributed by atoms with van der Waals surface area (Å²) < 4.78 is 32.2. The number of ether oxygens (including phenoxy) is 1. The van der Waals surface area contributed by atoms with Crippen LogP contribution in [0.25, 0.3) is 11.3 Å². The normalized spacial score (nSPS) is 10.4. The molecule has 0 aliphatic carbocycles. The Balaban J connectivity index is 1.69. The predicted molar refractivity (Wildman–Crippen MR) is 93.1 cm³/mol. The number of aromatic nitrogens is 1. The standard InChI is InChI=1S/C17H13F2N3O2S/c1-24-11-7-5-10(6-8-11)14-9-25-17(20-14)22-16(23)21-15-12(18)3-2-4-13(15)19/h2-9H,1H3,(H2,20,21,22,23). The summed E-state index contributed by atoms with van der Waals surface area (Å²) >= 11 is 1.20. The highest BCUT2D eigenvalue weighted by Gasteiger charge is 2.13. The maximum Gasteiger partial charge on any atom is 0.325 e. The maximum absolute atomic E-state index is 13.5. The van der Waals surface area contributed by atoms with Gasteiger partial charge in [-0.1, -0.05) is 6.07 Å². The van der Waals surface area contributed by atoms with E-state index in [1.165, 1.54) is 17.4 Å². The molecule has 2 aromatic carbocycles. The van der Waals surface area contributed by atoms with Gasteiger partial charge in [0.15, 0.2) is 5.13 Å². The Morgan fingerprint density at radius 2 is 1.76 bits per heavy atom. The number of carbonyl (C=O) groups is 1. The molecule has 3 aromatic rings. The quantitative estimate of drug-likeness (QED) is 0.705. The van der Waals surface area contributed by atoms with Crippen molar-refractivity contribution in [2.45, 2.75) is 0 Å². The van der Waals surface area contributed by atoms with Gasteiger partial charge in [-0.05, 0) is 36.4 Å². The van der Waals surface area contributed by atoms with Crippen LogP contribution in [0.1, 0.15) is 0 Å². The molecule has 5 nitrogen and oxygen atoms in total. The van der Waals surface area contributed by atoms with Crippen LogP contribution in [0.3, 0.4) is 0 Å². The summed E-state index contributed by atoms with van der Waals surface area (Å²) in [4.78, 5) is 16.2. The topological polar surface area (TPSA) is 63.2 Å². The van der Waals surface area contributed by atoms with E-state index in [1.807, 2.05) is 12.1 Å². The van der Waals surface area contributed by atoms with Crippen molar-refractivity contribution in [2.75, 3.05) is 17.7 Å². The second-order valence-corrected chi connectivity index (χ2v) is 5.80. The van der Waals surface area contributed by atoms with Crippen LogP contribution < -0.4 is 15.4 Å². The number of amides is 2. The van der Waals surface area contributed by atoms with Gasteiger partial charge >= 0.3 is 6.03 Å². The number of carbonyl (C=O) groups excluding carboxylic acids is 1. The highest BCUT2D eigenvalue weighted by atomic mass is 32.1. The largest absolute Gasteiger partial charge is 0.497 e. The fraction of sp³-hybridized carbons (Fsp3) is 0.0588. The van der Waals surface area contributed by atoms with Gasteiger partial charge in [-0.15, -0.1) is 11.3 Å². The van der Waals surface area contributed by atoms with Crippen LogP contribution >= 0.6 is 11.3 Å². The summed E-state index contributed by atoms with van der Waals surface area (Å²) in [6.45, 7) is 0. The van der Waals surface area contributed by atoms with Gasteiger partial charge in [-0.2, -0.15) is 0 Å². The maximum atomic E-state index is 13.5. The van der Waals surface area contributed by atoms with Crippen molar-refractivity contribution >= 4 is 28.2 Å². The highest BCUT2D eigenvalue weighted by Crippen LogP contribution is 2.26. The molecule has 0 fully saturated rings. The van der Waals surface area contributed by atoms with Crippen LogP contribution in [0.15, 0.2) is 47.8 Å². The van der Waals surface area contributed by atoms with E-state index in [9.17, 15) is 13.6 Å². The van der Waals surface area contributed by atoms with Crippen molar-refractivity contribution in [3.63, 3.8) is 0 Å². The minimum absolute atomic E-state index is 0.306. The molecule has 0 unspecified atom stereocenters. The molecule has 8 heteroatoms. The summed E-state index contributed by atoms with van der Waals surface area (Å²) in [5.41, 5.74) is 1.01. The van der Waals surface area contributed by atoms with E-state index in [0.717, 1.165) is 23.4 Å². The number of rotatable bonds is 4. The van der Waals surface area contributed by atoms with E-state index in [-0.39, 0.29) is 0 Å². The van der Waals surface area contributed by atoms with Crippen molar-refractivity contribution in [2.24, 2.45) is 0 Å². The molecular weight excluding hydrogens is 348 g/mol. The number of nitrogens with zero attached hydrogens (tertiary/aromatic N) is 1. The predicted octanol–water partition coefficient (Wildman–Crippen LogP) is 4.74. The summed E-state index contributed by atoms with van der Waals surface area (Å²) in [5.74, 6) is -0.981. The molecule has 128 valence electrons. The van der Waals surface area contributed by atoms with Crippen LogP contribution in [-0.4, -0.2) is 18.1 Å². The van der Waals surface area contributed by atoms with E-state index < -0.39 is 23.4 Å². The molecule has 0 radical (unpaired) electrons. The molecule has 25 heavy (non-hydrogen) atoms. The number of anilines is 2. The van der Waals surface area contributed by atoms with Gasteiger partial charge in [0, 0.05) is 10.9 Å². The average Bonchev–Trinajstić information content (AvgIpc) is 3.07. The lowest BCUT2D eigenvalue weighted by atomic mass is 10.2. The van der Waals surface area contributed by atoms with Gasteiger partial charge in [0.1, 0.15) is 23.1 Å². The second kappa shape index (κ2) is 7.27. The van der Waals surface area contributed by atoms with Crippen LogP contribution in [0.5, 0.6) is 5.75 Å². The number of halogens is 2. The molecule has 0 bridgehead atoms. The van der Waals surface area contributed by atoms with Crippen LogP contribution in [-0.2, 0) is 0 Å². The zero-order chi connectivity index (χ0) is 17.8. The van der Waals surface area contributed by atoms with Crippen molar-refractivity contribution in [1.29, 1.82) is 0 Å². The lowest BCUT2D eigenvalue weighted by molar-refractivity contribution is 0.262. The zero-order valence-electron chi connectivity index (χ0n) is 13.0. The molecule has 3 rings (SSSR count). The molecule has 0 saturated carbocycles. The lowest BCUT2D eigenvalue weighted by Crippen LogP contribution is -2.20. The molecule has 2 amide bonds. The molecule has 1 heterocycles. The van der Waals surface area contributed by atoms with Crippen molar-refractivity contribution in [1.82, 2.24) is 4.98 Å². The Labute approximate surface area is 146 Å². The molecule has 0 aliphatic rings. The molecule has 0 atom stereocenters. The lowest BCUT2D eigenvalue weighted by Gasteiger charge is -2.07. The number of methoxy groups -OCH3 is 1. The second-order valence-electron chi connectivity index (χ2n) is 4.94. The Morgan fingerprint density at radius 3 is 2.40 bits per heavy atom. The first-order chi connectivity index (χ1) is 12.1. The number of urea groups is 1. The van der Waals surface area contributed by atoms with Gasteiger partial charge in [0.2, 0.25) is 0 Å².